The molecule has 0 radical (unpaired) electrons. The predicted octanol–water partition coefficient (Wildman–Crippen LogP) is 0.246. The SMILES string of the molecule is CC1=C[C@@H](C(=O)NCCNC(=O)OC(C)(C)C)N2C[C@@H]1N(OS(=O)(=O)ON1C(=O)N3C[C@H]1C(C)=C[C@H]3C(=O)NCCNC(=O)OC(C)(C)C)C2=O. The monoisotopic (exact) mass is 742 g/mol. The zero-order valence-electron chi connectivity index (χ0n) is 29.8. The summed E-state index contributed by atoms with van der Waals surface area (Å²) in [6.07, 6.45) is 1.67. The number of nitrogens with zero attached hydrogens (tertiary/aromatic N) is 4. The predicted molar refractivity (Wildman–Crippen MR) is 176 cm³/mol. The molecule has 0 aromatic carbocycles. The van der Waals surface area contributed by atoms with E-state index in [1.165, 1.54) is 12.2 Å². The maximum atomic E-state index is 13.3. The van der Waals surface area contributed by atoms with Crippen LogP contribution in [-0.2, 0) is 38.0 Å². The summed E-state index contributed by atoms with van der Waals surface area (Å²) in [5, 5.41) is 11.4. The van der Waals surface area contributed by atoms with Gasteiger partial charge in [-0.15, -0.1) is 8.57 Å². The minimum absolute atomic E-state index is 0.0269. The van der Waals surface area contributed by atoms with Crippen molar-refractivity contribution in [2.45, 2.75) is 90.8 Å². The standard InChI is InChI=1S/C30H46N8O12S/c1-17-13-19(23(39)31-9-11-33-25(41)47-29(3,4)5)35-15-21(17)37(27(35)43)49-51(45,46)50-38-22-16-36(28(38)44)20(14-18(22)2)24(40)32-10-12-34-26(42)48-30(6,7)8/h13-14,19-22H,9-12,15-16H2,1-8H3,(H,31,39)(H,32,40)(H,33,41)(H,34,42)/t19-,20-,21-,22-/m0/s1. The van der Waals surface area contributed by atoms with Gasteiger partial charge in [0.2, 0.25) is 11.8 Å². The number of carbonyl (C=O) groups excluding carboxylic acids is 6. The van der Waals surface area contributed by atoms with E-state index in [1.807, 2.05) is 0 Å². The molecular weight excluding hydrogens is 696 g/mol. The number of fused-ring (bicyclic) bond motifs is 4. The van der Waals surface area contributed by atoms with Crippen molar-refractivity contribution in [3.8, 4) is 0 Å². The third-order valence-corrected chi connectivity index (χ3v) is 8.49. The van der Waals surface area contributed by atoms with Crippen molar-refractivity contribution in [3.63, 3.8) is 0 Å². The minimum atomic E-state index is -5.09. The van der Waals surface area contributed by atoms with Gasteiger partial charge in [-0.3, -0.25) is 9.59 Å². The third-order valence-electron chi connectivity index (χ3n) is 7.80. The Hall–Kier alpha value is -4.63. The van der Waals surface area contributed by atoms with Gasteiger partial charge in [0.05, 0.1) is 13.1 Å². The molecule has 21 heteroatoms. The quantitative estimate of drug-likeness (QED) is 0.156. The van der Waals surface area contributed by atoms with Crippen LogP contribution in [0.1, 0.15) is 55.4 Å². The number of amides is 8. The Labute approximate surface area is 296 Å². The third kappa shape index (κ3) is 9.79. The normalized spacial score (nSPS) is 23.1. The molecule has 0 unspecified atom stereocenters. The Morgan fingerprint density at radius 3 is 1.33 bits per heavy atom. The van der Waals surface area contributed by atoms with Crippen LogP contribution in [0.5, 0.6) is 0 Å². The molecule has 0 aliphatic carbocycles. The van der Waals surface area contributed by atoms with Gasteiger partial charge in [0.1, 0.15) is 35.4 Å². The summed E-state index contributed by atoms with van der Waals surface area (Å²) in [5.41, 5.74) is -0.457. The van der Waals surface area contributed by atoms with Crippen LogP contribution in [0.25, 0.3) is 0 Å². The topological polar surface area (TPSA) is 235 Å². The molecule has 2 saturated heterocycles. The number of urea groups is 2. The van der Waals surface area contributed by atoms with Gasteiger partial charge in [0.15, 0.2) is 0 Å². The Balaban J connectivity index is 1.30. The smallest absolute Gasteiger partial charge is 0.442 e. The molecule has 4 N–H and O–H groups in total. The number of alkyl carbamates (subject to hydrolysis) is 2. The van der Waals surface area contributed by atoms with Crippen molar-refractivity contribution in [3.05, 3.63) is 23.3 Å². The van der Waals surface area contributed by atoms with E-state index in [0.717, 1.165) is 9.80 Å². The fourth-order valence-corrected chi connectivity index (χ4v) is 6.33. The number of nitrogens with one attached hydrogen (secondary N) is 4. The first-order valence-electron chi connectivity index (χ1n) is 16.3. The number of hydrogen-bond acceptors (Lipinski definition) is 12. The molecule has 0 spiro atoms. The molecule has 284 valence electrons. The van der Waals surface area contributed by atoms with Crippen molar-refractivity contribution in [1.82, 2.24) is 41.2 Å². The minimum Gasteiger partial charge on any atom is -0.444 e. The molecule has 51 heavy (non-hydrogen) atoms. The van der Waals surface area contributed by atoms with Crippen molar-refractivity contribution in [2.75, 3.05) is 39.3 Å². The lowest BCUT2D eigenvalue weighted by Gasteiger charge is -2.27. The largest absolute Gasteiger partial charge is 0.444 e. The highest BCUT2D eigenvalue weighted by Gasteiger charge is 2.52. The lowest BCUT2D eigenvalue weighted by molar-refractivity contribution is -0.124. The second kappa shape index (κ2) is 14.9. The Morgan fingerprint density at radius 2 is 1.00 bits per heavy atom. The highest BCUT2D eigenvalue weighted by Crippen LogP contribution is 2.34. The van der Waals surface area contributed by atoms with E-state index in [1.54, 1.807) is 55.4 Å². The Morgan fingerprint density at radius 1 is 0.667 bits per heavy atom. The number of carbonyl (C=O) groups is 6. The average molecular weight is 743 g/mol. The van der Waals surface area contributed by atoms with Gasteiger partial charge in [-0.1, -0.05) is 12.2 Å². The fraction of sp³-hybridized carbons (Fsp3) is 0.667. The first kappa shape index (κ1) is 39.2. The van der Waals surface area contributed by atoms with Gasteiger partial charge in [-0.05, 0) is 66.5 Å². The highest BCUT2D eigenvalue weighted by molar-refractivity contribution is 7.81. The second-order valence-electron chi connectivity index (χ2n) is 14.3. The Bertz CT molecular complexity index is 1490. The van der Waals surface area contributed by atoms with Crippen LogP contribution >= 0.6 is 0 Å². The van der Waals surface area contributed by atoms with Gasteiger partial charge in [0.25, 0.3) is 0 Å². The van der Waals surface area contributed by atoms with Gasteiger partial charge in [-0.2, -0.15) is 18.5 Å². The van der Waals surface area contributed by atoms with Crippen LogP contribution in [-0.4, -0.2) is 139 Å². The zero-order chi connectivity index (χ0) is 38.1. The van der Waals surface area contributed by atoms with Crippen LogP contribution in [0.4, 0.5) is 19.2 Å². The van der Waals surface area contributed by atoms with Crippen LogP contribution in [0.15, 0.2) is 23.3 Å². The zero-order valence-corrected chi connectivity index (χ0v) is 30.6. The van der Waals surface area contributed by atoms with E-state index in [2.05, 4.69) is 21.3 Å². The molecule has 0 aromatic heterocycles. The molecule has 8 amide bonds. The Kier molecular flexibility index (Phi) is 11.5. The van der Waals surface area contributed by atoms with Crippen LogP contribution in [0.2, 0.25) is 0 Å². The van der Waals surface area contributed by atoms with E-state index in [0.29, 0.717) is 21.3 Å². The van der Waals surface area contributed by atoms with Crippen molar-refractivity contribution < 1.29 is 55.2 Å². The van der Waals surface area contributed by atoms with Crippen LogP contribution < -0.4 is 21.3 Å². The van der Waals surface area contributed by atoms with Gasteiger partial charge >= 0.3 is 34.6 Å². The highest BCUT2D eigenvalue weighted by atomic mass is 32.3. The molecule has 4 atom stereocenters. The lowest BCUT2D eigenvalue weighted by atomic mass is 10.0. The van der Waals surface area contributed by atoms with E-state index in [9.17, 15) is 37.2 Å². The fourth-order valence-electron chi connectivity index (χ4n) is 5.57. The summed E-state index contributed by atoms with van der Waals surface area (Å²) >= 11 is 0. The average Bonchev–Trinajstić information content (AvgIpc) is 3.42. The summed E-state index contributed by atoms with van der Waals surface area (Å²) in [7, 11) is -5.09. The van der Waals surface area contributed by atoms with Gasteiger partial charge in [-0.25, -0.2) is 19.2 Å². The maximum Gasteiger partial charge on any atom is 0.442 e. The molecule has 4 aliphatic rings. The number of hydroxylamine groups is 4. The van der Waals surface area contributed by atoms with Crippen molar-refractivity contribution in [2.24, 2.45) is 0 Å². The van der Waals surface area contributed by atoms with Crippen LogP contribution in [0.3, 0.4) is 0 Å². The molecule has 20 nitrogen and oxygen atoms in total. The summed E-state index contributed by atoms with van der Waals surface area (Å²) in [6, 6.07) is -5.82. The van der Waals surface area contributed by atoms with E-state index in [4.69, 9.17) is 18.0 Å². The molecule has 4 bridgehead atoms. The van der Waals surface area contributed by atoms with Gasteiger partial charge in [0, 0.05) is 26.2 Å². The summed E-state index contributed by atoms with van der Waals surface area (Å²) < 4.78 is 46.7. The summed E-state index contributed by atoms with van der Waals surface area (Å²) in [5.74, 6) is -1.14. The van der Waals surface area contributed by atoms with E-state index < -0.39 is 81.8 Å². The molecular formula is C30H46N8O12S. The molecule has 4 heterocycles. The number of ether oxygens (including phenoxy) is 2. The second-order valence-corrected chi connectivity index (χ2v) is 15.4. The molecule has 4 aliphatic heterocycles. The number of hydrogen-bond donors (Lipinski definition) is 4. The summed E-state index contributed by atoms with van der Waals surface area (Å²) in [6.45, 7) is 13.5. The molecule has 0 saturated carbocycles. The van der Waals surface area contributed by atoms with Crippen molar-refractivity contribution >= 4 is 46.5 Å². The molecule has 0 aromatic rings. The summed E-state index contributed by atoms with van der Waals surface area (Å²) in [4.78, 5) is 78.4. The van der Waals surface area contributed by atoms with Crippen molar-refractivity contribution in [1.29, 1.82) is 0 Å². The van der Waals surface area contributed by atoms with E-state index in [-0.39, 0.29) is 39.3 Å². The van der Waals surface area contributed by atoms with Crippen LogP contribution in [0, 0.1) is 0 Å². The lowest BCUT2D eigenvalue weighted by Crippen LogP contribution is -2.50. The maximum absolute atomic E-state index is 13.3. The first-order valence-corrected chi connectivity index (χ1v) is 17.6. The number of rotatable bonds is 12. The molecule has 2 fully saturated rings. The molecule has 4 rings (SSSR count). The first-order chi connectivity index (χ1) is 23.6. The van der Waals surface area contributed by atoms with E-state index >= 15 is 0 Å². The van der Waals surface area contributed by atoms with Gasteiger partial charge < -0.3 is 40.5 Å².